The molecule has 0 fully saturated rings. The van der Waals surface area contributed by atoms with Crippen LogP contribution in [0.1, 0.15) is 0 Å². The van der Waals surface area contributed by atoms with Gasteiger partial charge in [0.25, 0.3) is 0 Å². The molecular formula is C66H96B3F3N30O12. The number of rotatable bonds is 6. The Morgan fingerprint density at radius 2 is 0.351 bits per heavy atom. The molecule has 48 heteroatoms. The molecule has 0 atom stereocenters. The third kappa shape index (κ3) is 29.7. The first kappa shape index (κ1) is 93.5. The summed E-state index contributed by atoms with van der Waals surface area (Å²) in [5.74, 6) is 0. The van der Waals surface area contributed by atoms with E-state index in [1.165, 1.54) is 29.1 Å². The molecule has 0 saturated heterocycles. The van der Waals surface area contributed by atoms with Crippen molar-refractivity contribution in [3.05, 3.63) is 146 Å². The van der Waals surface area contributed by atoms with E-state index in [9.17, 15) is 12.9 Å². The average molecular weight is 1590 g/mol. The molecule has 6 aromatic carbocycles. The Balaban J connectivity index is 0.000000280. The molecule has 0 saturated carbocycles. The molecule has 12 aromatic rings. The molecule has 6 heterocycles. The zero-order valence-electron chi connectivity index (χ0n) is 68.0. The Labute approximate surface area is 656 Å². The van der Waals surface area contributed by atoms with E-state index in [0.29, 0.717) is 36.1 Å². The van der Waals surface area contributed by atoms with Gasteiger partial charge in [-0.15, -0.1) is 30.6 Å². The minimum atomic E-state index is -3.17. The largest absolute Gasteiger partial charge is 0.867 e. The molecule has 0 radical (unpaired) electrons. The van der Waals surface area contributed by atoms with Crippen LogP contribution in [-0.2, 0) is 0 Å². The zero-order chi connectivity index (χ0) is 85.2. The molecule has 0 aliphatic rings. The van der Waals surface area contributed by atoms with Crippen molar-refractivity contribution < 1.29 is 99.6 Å². The molecular weight excluding hydrogens is 1490 g/mol. The summed E-state index contributed by atoms with van der Waals surface area (Å²) in [6, 6.07) is 50.0. The van der Waals surface area contributed by atoms with E-state index in [0.717, 1.165) is 66.2 Å². The number of aromatic nitrogens is 18. The lowest BCUT2D eigenvalue weighted by Gasteiger charge is -2.10. The van der Waals surface area contributed by atoms with Gasteiger partial charge in [0.2, 0.25) is 0 Å². The fraction of sp³-hybridized carbons (Fsp3) is 0.364. The number of amidine groups is 6. The van der Waals surface area contributed by atoms with Crippen LogP contribution in [0.15, 0.2) is 146 Å². The van der Waals surface area contributed by atoms with Crippen LogP contribution in [0.3, 0.4) is 0 Å². The second-order valence-corrected chi connectivity index (χ2v) is 25.5. The van der Waals surface area contributed by atoms with Crippen molar-refractivity contribution >= 4 is 125 Å². The van der Waals surface area contributed by atoms with Crippen molar-refractivity contribution in [2.45, 2.75) is 0 Å². The molecule has 0 spiro atoms. The molecule has 612 valence electrons. The third-order valence-corrected chi connectivity index (χ3v) is 13.5. The van der Waals surface area contributed by atoms with Crippen molar-refractivity contribution in [1.29, 1.82) is 0 Å². The van der Waals surface area contributed by atoms with Gasteiger partial charge in [-0.3, -0.25) is 29.0 Å². The monoisotopic (exact) mass is 1590 g/mol. The van der Waals surface area contributed by atoms with Crippen molar-refractivity contribution in [3.8, 4) is 0 Å². The van der Waals surface area contributed by atoms with Gasteiger partial charge in [-0.2, -0.15) is 0 Å². The molecule has 42 nitrogen and oxygen atoms in total. The number of nitrogens with zero attached hydrogens (tertiary/aromatic N) is 30. The third-order valence-electron chi connectivity index (χ3n) is 13.5. The van der Waals surface area contributed by atoms with Gasteiger partial charge in [0.05, 0.1) is 169 Å². The van der Waals surface area contributed by atoms with Gasteiger partial charge in [-0.25, -0.2) is 56.9 Å². The maximum Gasteiger partial charge on any atom is 0.471 e. The van der Waals surface area contributed by atoms with Gasteiger partial charge in [-0.1, -0.05) is 102 Å². The second-order valence-electron chi connectivity index (χ2n) is 25.5. The van der Waals surface area contributed by atoms with Gasteiger partial charge in [0.1, 0.15) is 88.4 Å². The lowest BCUT2D eigenvalue weighted by molar-refractivity contribution is -0.480. The lowest BCUT2D eigenvalue weighted by atomic mass is 10.3. The average Bonchev–Trinajstić information content (AvgIpc) is 1.71. The van der Waals surface area contributed by atoms with Gasteiger partial charge in [0, 0.05) is 0 Å². The van der Waals surface area contributed by atoms with Crippen LogP contribution >= 0.6 is 0 Å². The van der Waals surface area contributed by atoms with Gasteiger partial charge < -0.3 is 43.1 Å². The second kappa shape index (κ2) is 46.0. The highest BCUT2D eigenvalue weighted by Crippen LogP contribution is 2.14. The van der Waals surface area contributed by atoms with Crippen LogP contribution in [-0.4, -0.2) is 375 Å². The van der Waals surface area contributed by atoms with E-state index in [-0.39, 0.29) is 0 Å². The summed E-state index contributed by atoms with van der Waals surface area (Å²) in [7, 11) is 36.4. The van der Waals surface area contributed by atoms with E-state index in [4.69, 9.17) is 59.2 Å². The normalized spacial score (nSPS) is 9.97. The van der Waals surface area contributed by atoms with E-state index in [1.54, 1.807) is 0 Å². The van der Waals surface area contributed by atoms with Crippen LogP contribution in [0.25, 0.3) is 66.2 Å². The Morgan fingerprint density at radius 1 is 0.246 bits per heavy atom. The number of hydrogen-bond donors (Lipinski definition) is 0. The van der Waals surface area contributed by atoms with Gasteiger partial charge in [-0.05, 0) is 104 Å². The molecule has 0 bridgehead atoms. The number of halogens is 3. The summed E-state index contributed by atoms with van der Waals surface area (Å²) in [6.07, 6.45) is 0. The summed E-state index contributed by atoms with van der Waals surface area (Å²) < 4.78 is 40.9. The lowest BCUT2D eigenvalue weighted by Crippen LogP contribution is -2.39. The van der Waals surface area contributed by atoms with Crippen molar-refractivity contribution in [2.24, 2.45) is 0 Å². The molecule has 0 unspecified atom stereocenters. The van der Waals surface area contributed by atoms with Crippen molar-refractivity contribution in [1.82, 2.24) is 120 Å². The summed E-state index contributed by atoms with van der Waals surface area (Å²) in [4.78, 5) is 54.0. The quantitative estimate of drug-likeness (QED) is 0.0646. The number of benzene rings is 6. The van der Waals surface area contributed by atoms with E-state index >= 15 is 0 Å². The Bertz CT molecular complexity index is 4320. The van der Waals surface area contributed by atoms with E-state index < -0.39 is 22.2 Å². The van der Waals surface area contributed by atoms with Crippen molar-refractivity contribution in [3.63, 3.8) is 0 Å². The smallest absolute Gasteiger partial charge is 0.471 e. The Morgan fingerprint density at radius 3 is 0.447 bits per heavy atom. The number of para-hydroxylation sites is 6. The summed E-state index contributed by atoms with van der Waals surface area (Å²) in [6.45, 7) is 0. The fourth-order valence-electron chi connectivity index (χ4n) is 9.33. The minimum Gasteiger partial charge on any atom is -0.867 e. The topological polar surface area (TPSA) is 416 Å². The van der Waals surface area contributed by atoms with Gasteiger partial charge >= 0.3 is 36.1 Å². The minimum absolute atomic E-state index is 0.681. The Kier molecular flexibility index (Phi) is 37.7. The van der Waals surface area contributed by atoms with Crippen LogP contribution in [0, 0.1) is 0 Å². The first-order valence-electron chi connectivity index (χ1n) is 33.9. The summed E-state index contributed by atoms with van der Waals surface area (Å²) >= 11 is 0. The SMILES string of the molecule is CN(C)C(On1nnc2ccccc21)=[N+](C)C.CN(C)C(On1nnc2ccccc21)=[N+](C)C.CN(C)C(On1nnc2ccccc21)=[N+](C)C.CN(C)C(On1nnc2ccccc21)=[N+](C)C.CN(C)C(On1nnc2ccccc21)=[N+](C)C.CN(C)C(On1nnc2ccccc21)=[N+](C)C.[O-]B([O-])F.[O-]B([O-])F.[O-]B([O-])F. The molecule has 0 aliphatic heterocycles. The van der Waals surface area contributed by atoms with Gasteiger partial charge in [0.15, 0.2) is 0 Å². The maximum atomic E-state index is 9.89. The predicted octanol–water partition coefficient (Wildman–Crippen LogP) is -6.72. The summed E-state index contributed by atoms with van der Waals surface area (Å²) in [5, 5.41) is 97.8. The molecule has 0 amide bonds. The molecule has 0 aliphatic carbocycles. The Hall–Kier alpha value is -12.9. The first-order valence-corrected chi connectivity index (χ1v) is 33.9. The molecule has 12 rings (SSSR count). The van der Waals surface area contributed by atoms with E-state index in [2.05, 4.69) is 61.9 Å². The number of fused-ring (bicyclic) bond motifs is 6. The van der Waals surface area contributed by atoms with Crippen LogP contribution < -0.4 is 59.2 Å². The standard InChI is InChI=1S/6C11H16N5O.3BFO2/c6*1-14(2)11(15(3)4)17-16-10-8-6-5-7-9(10)12-13-16;3*2-1(3)4/h6*5-8H,1-4H3;;;/q6*+1;3*-2. The predicted molar refractivity (Wildman–Crippen MR) is 410 cm³/mol. The maximum absolute atomic E-state index is 9.89. The highest BCUT2D eigenvalue weighted by atomic mass is 19.1. The summed E-state index contributed by atoms with van der Waals surface area (Å²) in [5.41, 5.74) is 9.91. The van der Waals surface area contributed by atoms with Crippen LogP contribution in [0.5, 0.6) is 0 Å². The van der Waals surface area contributed by atoms with Crippen LogP contribution in [0.2, 0.25) is 0 Å². The number of hydrogen-bond acceptors (Lipinski definition) is 24. The first-order chi connectivity index (χ1) is 53.7. The highest BCUT2D eigenvalue weighted by Gasteiger charge is 2.23. The molecule has 0 N–H and O–H groups in total. The molecule has 6 aromatic heterocycles. The zero-order valence-corrected chi connectivity index (χ0v) is 68.0. The van der Waals surface area contributed by atoms with E-state index in [1.807, 2.05) is 372 Å². The fourth-order valence-corrected chi connectivity index (χ4v) is 9.33. The molecule has 114 heavy (non-hydrogen) atoms. The van der Waals surface area contributed by atoms with Crippen LogP contribution in [0.4, 0.5) is 12.9 Å². The highest BCUT2D eigenvalue weighted by molar-refractivity contribution is 6.27. The van der Waals surface area contributed by atoms with Crippen molar-refractivity contribution in [2.75, 3.05) is 169 Å².